The number of halogens is 1. The molecule has 3 atom stereocenters. The van der Waals surface area contributed by atoms with Gasteiger partial charge < -0.3 is 13.9 Å². The summed E-state index contributed by atoms with van der Waals surface area (Å²) in [4.78, 5) is 0. The van der Waals surface area contributed by atoms with Crippen molar-refractivity contribution in [3.05, 3.63) is 21.9 Å². The highest BCUT2D eigenvalue weighted by Crippen LogP contribution is 2.48. The van der Waals surface area contributed by atoms with E-state index in [1.54, 1.807) is 14.2 Å². The summed E-state index contributed by atoms with van der Waals surface area (Å²) in [5.41, 5.74) is 2.61. The molecule has 4 heteroatoms. The van der Waals surface area contributed by atoms with Crippen LogP contribution in [0.1, 0.15) is 84.0 Å². The van der Waals surface area contributed by atoms with Crippen molar-refractivity contribution in [1.82, 2.24) is 0 Å². The Hall–Kier alpha value is -1.16. The van der Waals surface area contributed by atoms with Crippen molar-refractivity contribution in [2.45, 2.75) is 79.1 Å². The van der Waals surface area contributed by atoms with Gasteiger partial charge in [-0.1, -0.05) is 47.5 Å². The van der Waals surface area contributed by atoms with E-state index in [1.165, 1.54) is 31.2 Å². The smallest absolute Gasteiger partial charge is 0.178 e. The number of ether oxygens (including phenoxy) is 2. The minimum Gasteiger partial charge on any atom is -0.493 e. The van der Waals surface area contributed by atoms with Gasteiger partial charge in [-0.05, 0) is 64.9 Å². The van der Waals surface area contributed by atoms with Crippen LogP contribution in [0.5, 0.6) is 11.5 Å². The predicted molar refractivity (Wildman–Crippen MR) is 124 cm³/mol. The molecule has 0 spiro atoms. The molecule has 1 fully saturated rings. The Balaban J connectivity index is 1.91. The van der Waals surface area contributed by atoms with Gasteiger partial charge in [0.2, 0.25) is 0 Å². The van der Waals surface area contributed by atoms with E-state index in [1.807, 2.05) is 0 Å². The molecule has 0 N–H and O–H groups in total. The maximum Gasteiger partial charge on any atom is 0.178 e. The quantitative estimate of drug-likeness (QED) is 0.414. The van der Waals surface area contributed by atoms with Gasteiger partial charge in [0.15, 0.2) is 17.1 Å². The number of rotatable bonds is 7. The number of hydrogen-bond donors (Lipinski definition) is 0. The average molecular weight is 465 g/mol. The molecular weight excluding hydrogens is 428 g/mol. The number of aryl methyl sites for hydroxylation is 1. The van der Waals surface area contributed by atoms with Crippen LogP contribution in [0.15, 0.2) is 15.0 Å². The first-order valence-corrected chi connectivity index (χ1v) is 11.9. The van der Waals surface area contributed by atoms with Crippen LogP contribution in [0.3, 0.4) is 0 Å². The first-order valence-electron chi connectivity index (χ1n) is 11.1. The summed E-state index contributed by atoms with van der Waals surface area (Å²) in [7, 11) is 3.34. The van der Waals surface area contributed by atoms with Crippen LogP contribution < -0.4 is 9.47 Å². The molecule has 0 radical (unpaired) electrons. The summed E-state index contributed by atoms with van der Waals surface area (Å²) >= 11 is 3.69. The van der Waals surface area contributed by atoms with Crippen LogP contribution in [-0.4, -0.2) is 14.2 Å². The van der Waals surface area contributed by atoms with Crippen LogP contribution >= 0.6 is 15.9 Å². The van der Waals surface area contributed by atoms with E-state index in [2.05, 4.69) is 56.6 Å². The Bertz CT molecular complexity index is 852. The Morgan fingerprint density at radius 2 is 2.00 bits per heavy atom. The highest BCUT2D eigenvalue weighted by Gasteiger charge is 2.36. The molecule has 1 aromatic heterocycles. The van der Waals surface area contributed by atoms with E-state index >= 15 is 0 Å². The molecule has 0 bridgehead atoms. The lowest BCUT2D eigenvalue weighted by molar-refractivity contribution is 0.0728. The van der Waals surface area contributed by atoms with Crippen molar-refractivity contribution in [2.75, 3.05) is 14.2 Å². The van der Waals surface area contributed by atoms with E-state index < -0.39 is 0 Å². The van der Waals surface area contributed by atoms with Crippen LogP contribution in [0, 0.1) is 17.3 Å². The molecule has 29 heavy (non-hydrogen) atoms. The third-order valence-electron chi connectivity index (χ3n) is 7.28. The summed E-state index contributed by atoms with van der Waals surface area (Å²) in [5, 5.41) is 1.13. The van der Waals surface area contributed by atoms with Gasteiger partial charge in [0.25, 0.3) is 0 Å². The Kier molecular flexibility index (Phi) is 6.92. The fraction of sp³-hybridized carbons (Fsp3) is 0.680. The molecule has 3 rings (SSSR count). The standard InChI is InChI=1S/C25H37BrO3/c1-8-17-18-14-20(27-6)24(28-7)21(26)23(18)29-22(17)16(3)11-12-19-15(2)10-9-13-25(19,4)5/h14-16,19H,8-13H2,1-7H3. The largest absolute Gasteiger partial charge is 0.493 e. The zero-order valence-corrected chi connectivity index (χ0v) is 20.7. The number of methoxy groups -OCH3 is 2. The molecule has 1 aromatic carbocycles. The van der Waals surface area contributed by atoms with Crippen molar-refractivity contribution in [1.29, 1.82) is 0 Å². The minimum absolute atomic E-state index is 0.395. The fourth-order valence-electron chi connectivity index (χ4n) is 5.60. The van der Waals surface area contributed by atoms with Crippen LogP contribution in [0.2, 0.25) is 0 Å². The summed E-state index contributed by atoms with van der Waals surface area (Å²) in [6.07, 6.45) is 7.48. The van der Waals surface area contributed by atoms with Gasteiger partial charge in [-0.15, -0.1) is 0 Å². The van der Waals surface area contributed by atoms with E-state index in [0.717, 1.165) is 51.6 Å². The highest BCUT2D eigenvalue weighted by molar-refractivity contribution is 9.10. The second-order valence-corrected chi connectivity index (χ2v) is 10.3. The third kappa shape index (κ3) is 4.19. The molecule has 162 valence electrons. The Morgan fingerprint density at radius 1 is 1.28 bits per heavy atom. The Morgan fingerprint density at radius 3 is 2.59 bits per heavy atom. The summed E-state index contributed by atoms with van der Waals surface area (Å²) in [5.74, 6) is 4.55. The molecular formula is C25H37BrO3. The van der Waals surface area contributed by atoms with Gasteiger partial charge in [0.1, 0.15) is 10.2 Å². The van der Waals surface area contributed by atoms with Crippen molar-refractivity contribution in [3.63, 3.8) is 0 Å². The van der Waals surface area contributed by atoms with Crippen molar-refractivity contribution < 1.29 is 13.9 Å². The topological polar surface area (TPSA) is 31.6 Å². The number of benzene rings is 1. The summed E-state index contributed by atoms with van der Waals surface area (Å²) in [6, 6.07) is 2.06. The van der Waals surface area contributed by atoms with Gasteiger partial charge in [0.05, 0.1) is 14.2 Å². The van der Waals surface area contributed by atoms with E-state index in [9.17, 15) is 0 Å². The summed E-state index contributed by atoms with van der Waals surface area (Å²) < 4.78 is 18.4. The maximum absolute atomic E-state index is 6.46. The fourth-order valence-corrected chi connectivity index (χ4v) is 6.25. The zero-order valence-electron chi connectivity index (χ0n) is 19.2. The molecule has 3 nitrogen and oxygen atoms in total. The summed E-state index contributed by atoms with van der Waals surface area (Å²) in [6.45, 7) is 11.9. The minimum atomic E-state index is 0.395. The first kappa shape index (κ1) is 22.5. The third-order valence-corrected chi connectivity index (χ3v) is 8.00. The SMILES string of the molecule is CCc1c(C(C)CCC2C(C)CCCC2(C)C)oc2c(Br)c(OC)c(OC)cc12. The Labute approximate surface area is 184 Å². The molecule has 3 unspecified atom stereocenters. The molecule has 0 saturated heterocycles. The lowest BCUT2D eigenvalue weighted by Crippen LogP contribution is -2.33. The van der Waals surface area contributed by atoms with Crippen LogP contribution in [0.4, 0.5) is 0 Å². The molecule has 2 aromatic rings. The van der Waals surface area contributed by atoms with Gasteiger partial charge >= 0.3 is 0 Å². The van der Waals surface area contributed by atoms with Crippen LogP contribution in [-0.2, 0) is 6.42 Å². The van der Waals surface area contributed by atoms with Crippen molar-refractivity contribution in [3.8, 4) is 11.5 Å². The lowest BCUT2D eigenvalue weighted by atomic mass is 9.62. The first-order chi connectivity index (χ1) is 13.7. The van der Waals surface area contributed by atoms with E-state index in [0.29, 0.717) is 17.1 Å². The molecule has 1 saturated carbocycles. The van der Waals surface area contributed by atoms with E-state index in [-0.39, 0.29) is 0 Å². The monoisotopic (exact) mass is 464 g/mol. The number of furan rings is 1. The molecule has 1 aliphatic rings. The normalized spacial score (nSPS) is 22.6. The molecule has 0 aliphatic heterocycles. The molecule has 0 amide bonds. The lowest BCUT2D eigenvalue weighted by Gasteiger charge is -2.43. The molecule has 1 heterocycles. The zero-order chi connectivity index (χ0) is 21.3. The van der Waals surface area contributed by atoms with Crippen LogP contribution in [0.25, 0.3) is 11.0 Å². The van der Waals surface area contributed by atoms with E-state index in [4.69, 9.17) is 13.9 Å². The molecule has 1 aliphatic carbocycles. The van der Waals surface area contributed by atoms with Gasteiger partial charge in [-0.2, -0.15) is 0 Å². The van der Waals surface area contributed by atoms with Gasteiger partial charge in [-0.3, -0.25) is 0 Å². The number of fused-ring (bicyclic) bond motifs is 1. The average Bonchev–Trinajstić information content (AvgIpc) is 3.05. The van der Waals surface area contributed by atoms with Crippen molar-refractivity contribution in [2.24, 2.45) is 17.3 Å². The van der Waals surface area contributed by atoms with Gasteiger partial charge in [0, 0.05) is 16.9 Å². The predicted octanol–water partition coefficient (Wildman–Crippen LogP) is 8.12. The second-order valence-electron chi connectivity index (χ2n) is 9.54. The number of hydrogen-bond acceptors (Lipinski definition) is 3. The highest BCUT2D eigenvalue weighted by atomic mass is 79.9. The van der Waals surface area contributed by atoms with Crippen molar-refractivity contribution >= 4 is 26.9 Å². The van der Waals surface area contributed by atoms with Gasteiger partial charge in [-0.25, -0.2) is 0 Å². The maximum atomic E-state index is 6.46. The second kappa shape index (κ2) is 8.91.